The average molecular weight is 409 g/mol. The number of para-hydroxylation sites is 2. The Morgan fingerprint density at radius 2 is 1.62 bits per heavy atom. The fourth-order valence-electron chi connectivity index (χ4n) is 3.72. The van der Waals surface area contributed by atoms with Crippen LogP contribution in [0.1, 0.15) is 29.4 Å². The summed E-state index contributed by atoms with van der Waals surface area (Å²) < 4.78 is 25.6. The summed E-state index contributed by atoms with van der Waals surface area (Å²) in [5, 5.41) is 11.3. The van der Waals surface area contributed by atoms with Crippen molar-refractivity contribution in [3.05, 3.63) is 77.6 Å². The molecular weight excluding hydrogens is 384 g/mol. The van der Waals surface area contributed by atoms with Crippen molar-refractivity contribution < 1.29 is 8.42 Å². The molecule has 0 amide bonds. The zero-order valence-corrected chi connectivity index (χ0v) is 17.4. The van der Waals surface area contributed by atoms with E-state index in [0.717, 1.165) is 28.3 Å². The molecule has 0 bridgehead atoms. The van der Waals surface area contributed by atoms with Crippen LogP contribution in [0.25, 0.3) is 0 Å². The highest BCUT2D eigenvalue weighted by atomic mass is 32.2. The number of nitrogens with zero attached hydrogens (tertiary/aromatic N) is 4. The highest BCUT2D eigenvalue weighted by molar-refractivity contribution is 7.91. The minimum atomic E-state index is -2.96. The van der Waals surface area contributed by atoms with Gasteiger partial charge in [0.15, 0.2) is 9.84 Å². The third-order valence-corrected chi connectivity index (χ3v) is 6.99. The Kier molecular flexibility index (Phi) is 5.24. The van der Waals surface area contributed by atoms with Crippen molar-refractivity contribution in [2.45, 2.75) is 26.3 Å². The lowest BCUT2D eigenvalue weighted by atomic mass is 10.2. The van der Waals surface area contributed by atoms with Gasteiger partial charge in [-0.3, -0.25) is 4.68 Å². The van der Waals surface area contributed by atoms with Crippen LogP contribution in [0.4, 0.5) is 11.4 Å². The lowest BCUT2D eigenvalue weighted by Gasteiger charge is -2.19. The lowest BCUT2D eigenvalue weighted by Crippen LogP contribution is -2.14. The quantitative estimate of drug-likeness (QED) is 0.472. The summed E-state index contributed by atoms with van der Waals surface area (Å²) in [7, 11) is -2.96. The first-order valence-corrected chi connectivity index (χ1v) is 11.5. The first-order chi connectivity index (χ1) is 13.9. The van der Waals surface area contributed by atoms with Crippen LogP contribution in [-0.2, 0) is 9.84 Å². The second-order valence-electron chi connectivity index (χ2n) is 7.31. The number of hydrazone groups is 1. The molecule has 4 rings (SSSR count). The second kappa shape index (κ2) is 7.83. The van der Waals surface area contributed by atoms with Gasteiger partial charge in [-0.1, -0.05) is 36.4 Å². The van der Waals surface area contributed by atoms with Crippen molar-refractivity contribution in [3.63, 3.8) is 0 Å². The smallest absolute Gasteiger partial charge is 0.152 e. The van der Waals surface area contributed by atoms with Crippen LogP contribution >= 0.6 is 0 Å². The molecule has 6 nitrogen and oxygen atoms in total. The maximum atomic E-state index is 11.9. The van der Waals surface area contributed by atoms with Gasteiger partial charge in [0.1, 0.15) is 0 Å². The fourth-order valence-corrected chi connectivity index (χ4v) is 5.41. The normalized spacial score (nSPS) is 18.3. The summed E-state index contributed by atoms with van der Waals surface area (Å²) >= 11 is 0. The molecule has 0 aliphatic carbocycles. The van der Waals surface area contributed by atoms with E-state index in [1.54, 1.807) is 0 Å². The molecule has 0 radical (unpaired) electrons. The number of benzene rings is 2. The molecule has 1 aliphatic rings. The number of rotatable bonds is 5. The van der Waals surface area contributed by atoms with Gasteiger partial charge >= 0.3 is 0 Å². The standard InChI is InChI=1S/C22H24N4O2S/c1-17-22(18(2)25(24-17)21-13-14-29(27,28)16-21)15-23-26(19-9-5-3-6-10-19)20-11-7-4-8-12-20/h3-12,15,21H,13-14,16H2,1-2H3/b23-15-/t21-/m1/s1. The van der Waals surface area contributed by atoms with Crippen LogP contribution in [0.15, 0.2) is 65.8 Å². The fraction of sp³-hybridized carbons (Fsp3) is 0.273. The van der Waals surface area contributed by atoms with E-state index in [1.807, 2.05) is 90.4 Å². The lowest BCUT2D eigenvalue weighted by molar-refractivity contribution is 0.486. The zero-order chi connectivity index (χ0) is 20.4. The Hall–Kier alpha value is -2.93. The summed E-state index contributed by atoms with van der Waals surface area (Å²) in [6, 6.07) is 19.8. The van der Waals surface area contributed by atoms with Gasteiger partial charge in [-0.05, 0) is 44.5 Å². The summed E-state index contributed by atoms with van der Waals surface area (Å²) in [5.41, 5.74) is 4.62. The van der Waals surface area contributed by atoms with E-state index in [9.17, 15) is 8.42 Å². The predicted octanol–water partition coefficient (Wildman–Crippen LogP) is 4.03. The van der Waals surface area contributed by atoms with E-state index >= 15 is 0 Å². The molecule has 1 saturated heterocycles. The van der Waals surface area contributed by atoms with Gasteiger partial charge in [0.05, 0.1) is 40.8 Å². The van der Waals surface area contributed by atoms with E-state index in [-0.39, 0.29) is 17.5 Å². The van der Waals surface area contributed by atoms with Gasteiger partial charge in [-0.2, -0.15) is 10.2 Å². The number of hydrogen-bond acceptors (Lipinski definition) is 5. The van der Waals surface area contributed by atoms with Gasteiger partial charge < -0.3 is 0 Å². The molecule has 1 atom stereocenters. The molecule has 1 fully saturated rings. The van der Waals surface area contributed by atoms with Crippen LogP contribution in [0.2, 0.25) is 0 Å². The summed E-state index contributed by atoms with van der Waals surface area (Å²) in [4.78, 5) is 0. The number of sulfone groups is 1. The topological polar surface area (TPSA) is 67.6 Å². The van der Waals surface area contributed by atoms with E-state index in [4.69, 9.17) is 5.10 Å². The molecule has 1 aromatic heterocycles. The molecule has 0 N–H and O–H groups in total. The number of aryl methyl sites for hydroxylation is 1. The summed E-state index contributed by atoms with van der Waals surface area (Å²) in [5.74, 6) is 0.390. The van der Waals surface area contributed by atoms with Gasteiger partial charge in [0.2, 0.25) is 0 Å². The van der Waals surface area contributed by atoms with Crippen molar-refractivity contribution in [1.82, 2.24) is 9.78 Å². The van der Waals surface area contributed by atoms with Crippen molar-refractivity contribution >= 4 is 27.4 Å². The van der Waals surface area contributed by atoms with Gasteiger partial charge in [-0.25, -0.2) is 13.4 Å². The molecule has 1 aliphatic heterocycles. The Morgan fingerprint density at radius 1 is 1.03 bits per heavy atom. The number of anilines is 2. The number of hydrogen-bond donors (Lipinski definition) is 0. The van der Waals surface area contributed by atoms with E-state index < -0.39 is 9.84 Å². The Labute approximate surface area is 171 Å². The first kappa shape index (κ1) is 19.4. The third kappa shape index (κ3) is 4.10. The maximum Gasteiger partial charge on any atom is 0.152 e. The average Bonchev–Trinajstić information content (AvgIpc) is 3.22. The SMILES string of the molecule is Cc1nn([C@@H]2CCS(=O)(=O)C2)c(C)c1/C=N\N(c1ccccc1)c1ccccc1. The minimum Gasteiger partial charge on any atom is -0.265 e. The Bertz CT molecular complexity index is 1080. The molecular formula is C22H24N4O2S. The van der Waals surface area contributed by atoms with Gasteiger partial charge in [-0.15, -0.1) is 0 Å². The highest BCUT2D eigenvalue weighted by Gasteiger charge is 2.31. The minimum absolute atomic E-state index is 0.0970. The molecule has 2 aromatic carbocycles. The van der Waals surface area contributed by atoms with Gasteiger partial charge in [0, 0.05) is 11.3 Å². The second-order valence-corrected chi connectivity index (χ2v) is 9.54. The molecule has 0 spiro atoms. The summed E-state index contributed by atoms with van der Waals surface area (Å²) in [6.07, 6.45) is 2.43. The van der Waals surface area contributed by atoms with Crippen molar-refractivity contribution in [3.8, 4) is 0 Å². The Morgan fingerprint density at radius 3 is 2.14 bits per heavy atom. The first-order valence-electron chi connectivity index (χ1n) is 9.65. The molecule has 0 unspecified atom stereocenters. The monoisotopic (exact) mass is 408 g/mol. The van der Waals surface area contributed by atoms with Crippen LogP contribution in [0.3, 0.4) is 0 Å². The van der Waals surface area contributed by atoms with Crippen molar-refractivity contribution in [1.29, 1.82) is 0 Å². The van der Waals surface area contributed by atoms with E-state index in [2.05, 4.69) is 5.10 Å². The Balaban J connectivity index is 1.68. The number of aromatic nitrogens is 2. The largest absolute Gasteiger partial charge is 0.265 e. The van der Waals surface area contributed by atoms with E-state index in [0.29, 0.717) is 6.42 Å². The molecule has 3 aromatic rings. The van der Waals surface area contributed by atoms with Crippen LogP contribution in [0.5, 0.6) is 0 Å². The molecule has 0 saturated carbocycles. The zero-order valence-electron chi connectivity index (χ0n) is 16.6. The van der Waals surface area contributed by atoms with Crippen LogP contribution in [0, 0.1) is 13.8 Å². The van der Waals surface area contributed by atoms with Crippen LogP contribution < -0.4 is 5.01 Å². The van der Waals surface area contributed by atoms with Gasteiger partial charge in [0.25, 0.3) is 0 Å². The van der Waals surface area contributed by atoms with Crippen LogP contribution in [-0.4, -0.2) is 35.9 Å². The molecule has 7 heteroatoms. The summed E-state index contributed by atoms with van der Waals surface area (Å²) in [6.45, 7) is 3.91. The molecule has 29 heavy (non-hydrogen) atoms. The van der Waals surface area contributed by atoms with Crippen molar-refractivity contribution in [2.24, 2.45) is 5.10 Å². The predicted molar refractivity (Wildman–Crippen MR) is 117 cm³/mol. The van der Waals surface area contributed by atoms with E-state index in [1.165, 1.54) is 0 Å². The molecule has 150 valence electrons. The third-order valence-electron chi connectivity index (χ3n) is 5.24. The van der Waals surface area contributed by atoms with Crippen molar-refractivity contribution in [2.75, 3.05) is 16.5 Å². The highest BCUT2D eigenvalue weighted by Crippen LogP contribution is 2.28. The maximum absolute atomic E-state index is 11.9. The molecule has 2 heterocycles.